The van der Waals surface area contributed by atoms with E-state index in [4.69, 9.17) is 9.47 Å². The smallest absolute Gasteiger partial charge is 0.242 e. The molecule has 2 amide bonds. The maximum Gasteiger partial charge on any atom is 0.242 e. The number of ether oxygens (including phenoxy) is 2. The maximum absolute atomic E-state index is 13.0. The van der Waals surface area contributed by atoms with Gasteiger partial charge in [-0.3, -0.25) is 9.59 Å². The summed E-state index contributed by atoms with van der Waals surface area (Å²) in [5, 5.41) is 2.83. The molecule has 0 aromatic heterocycles. The van der Waals surface area contributed by atoms with Crippen LogP contribution < -0.4 is 14.8 Å². The Balaban J connectivity index is 2.20. The second-order valence-electron chi connectivity index (χ2n) is 7.59. The van der Waals surface area contributed by atoms with Gasteiger partial charge in [0.25, 0.3) is 0 Å². The fourth-order valence-electron chi connectivity index (χ4n) is 3.09. The Morgan fingerprint density at radius 2 is 1.67 bits per heavy atom. The Bertz CT molecular complexity index is 1060. The van der Waals surface area contributed by atoms with Gasteiger partial charge in [0.1, 0.15) is 17.5 Å². The Labute approximate surface area is 195 Å². The van der Waals surface area contributed by atoms with Crippen LogP contribution in [0.5, 0.6) is 11.5 Å². The summed E-state index contributed by atoms with van der Waals surface area (Å²) in [5.41, 5.74) is 1.57. The summed E-state index contributed by atoms with van der Waals surface area (Å²) >= 11 is 0. The quantitative estimate of drug-likeness (QED) is 0.527. The van der Waals surface area contributed by atoms with Gasteiger partial charge in [-0.2, -0.15) is 4.31 Å². The lowest BCUT2D eigenvalue weighted by atomic mass is 10.1. The van der Waals surface area contributed by atoms with Crippen molar-refractivity contribution in [2.45, 2.75) is 26.1 Å². The minimum atomic E-state index is -3.56. The van der Waals surface area contributed by atoms with Gasteiger partial charge in [0.15, 0.2) is 0 Å². The van der Waals surface area contributed by atoms with Crippen LogP contribution >= 0.6 is 0 Å². The number of para-hydroxylation sites is 1. The van der Waals surface area contributed by atoms with E-state index in [2.05, 4.69) is 5.32 Å². The van der Waals surface area contributed by atoms with Gasteiger partial charge < -0.3 is 19.7 Å². The monoisotopic (exact) mass is 477 g/mol. The lowest BCUT2D eigenvalue weighted by Gasteiger charge is -2.30. The number of nitrogens with one attached hydrogen (secondary N) is 1. The lowest BCUT2D eigenvalue weighted by Crippen LogP contribution is -2.50. The Morgan fingerprint density at radius 3 is 2.24 bits per heavy atom. The molecule has 10 heteroatoms. The van der Waals surface area contributed by atoms with E-state index in [9.17, 15) is 18.0 Å². The third kappa shape index (κ3) is 7.47. The van der Waals surface area contributed by atoms with E-state index in [0.29, 0.717) is 11.5 Å². The van der Waals surface area contributed by atoms with E-state index in [-0.39, 0.29) is 25.5 Å². The number of carbonyl (C=O) groups is 2. The summed E-state index contributed by atoms with van der Waals surface area (Å²) in [5.74, 6) is 0.450. The Hall–Kier alpha value is -3.11. The van der Waals surface area contributed by atoms with E-state index in [0.717, 1.165) is 21.7 Å². The average molecular weight is 478 g/mol. The third-order valence-electron chi connectivity index (χ3n) is 5.25. The van der Waals surface area contributed by atoms with Gasteiger partial charge >= 0.3 is 0 Å². The number of hydrogen-bond acceptors (Lipinski definition) is 6. The summed E-state index contributed by atoms with van der Waals surface area (Å²) in [6, 6.07) is 13.6. The molecule has 0 saturated heterocycles. The molecule has 0 aliphatic rings. The zero-order valence-electron chi connectivity index (χ0n) is 19.6. The largest absolute Gasteiger partial charge is 0.497 e. The van der Waals surface area contributed by atoms with Gasteiger partial charge in [-0.05, 0) is 30.7 Å². The number of methoxy groups -OCH3 is 2. The first-order valence-corrected chi connectivity index (χ1v) is 12.1. The van der Waals surface area contributed by atoms with Crippen molar-refractivity contribution in [2.24, 2.45) is 0 Å². The Morgan fingerprint density at radius 1 is 1.03 bits per heavy atom. The van der Waals surface area contributed by atoms with Crippen molar-refractivity contribution in [2.75, 3.05) is 34.1 Å². The van der Waals surface area contributed by atoms with Gasteiger partial charge in [-0.15, -0.1) is 0 Å². The molecule has 1 atom stereocenters. The van der Waals surface area contributed by atoms with Crippen LogP contribution in [0.2, 0.25) is 0 Å². The zero-order valence-corrected chi connectivity index (χ0v) is 20.4. The molecule has 0 radical (unpaired) electrons. The van der Waals surface area contributed by atoms with Crippen LogP contribution in [0.15, 0.2) is 48.5 Å². The molecule has 1 N–H and O–H groups in total. The molecule has 0 aliphatic heterocycles. The topological polar surface area (TPSA) is 105 Å². The standard InChI is InChI=1S/C23H31N3O6S/c1-17(23(28)24-14-19-8-6-7-9-21(19)32-4)26(22(27)16-25(2)33(5,29)30)15-18-10-12-20(31-3)13-11-18/h6-13,17H,14-16H2,1-5H3,(H,24,28)/t17-/m1/s1. The lowest BCUT2D eigenvalue weighted by molar-refractivity contribution is -0.140. The predicted molar refractivity (Wildman–Crippen MR) is 125 cm³/mol. The number of benzene rings is 2. The van der Waals surface area contributed by atoms with E-state index in [1.165, 1.54) is 11.9 Å². The van der Waals surface area contributed by atoms with Gasteiger partial charge in [-0.25, -0.2) is 8.42 Å². The highest BCUT2D eigenvalue weighted by atomic mass is 32.2. The molecule has 180 valence electrons. The average Bonchev–Trinajstić information content (AvgIpc) is 2.80. The van der Waals surface area contributed by atoms with Crippen LogP contribution in [0.3, 0.4) is 0 Å². The highest BCUT2D eigenvalue weighted by molar-refractivity contribution is 7.88. The van der Waals surface area contributed by atoms with Gasteiger partial charge in [0.2, 0.25) is 21.8 Å². The number of rotatable bonds is 11. The molecule has 0 unspecified atom stereocenters. The maximum atomic E-state index is 13.0. The van der Waals surface area contributed by atoms with Crippen LogP contribution in [0.1, 0.15) is 18.1 Å². The number of sulfonamides is 1. The molecule has 33 heavy (non-hydrogen) atoms. The highest BCUT2D eigenvalue weighted by Crippen LogP contribution is 2.18. The molecule has 9 nitrogen and oxygen atoms in total. The Kier molecular flexibility index (Phi) is 9.24. The molecular weight excluding hydrogens is 446 g/mol. The fraction of sp³-hybridized carbons (Fsp3) is 0.391. The van der Waals surface area contributed by atoms with Crippen LogP contribution in [0.4, 0.5) is 0 Å². The van der Waals surface area contributed by atoms with Gasteiger partial charge in [0, 0.05) is 25.7 Å². The van der Waals surface area contributed by atoms with E-state index < -0.39 is 22.0 Å². The van der Waals surface area contributed by atoms with Gasteiger partial charge in [-0.1, -0.05) is 30.3 Å². The van der Waals surface area contributed by atoms with E-state index in [1.807, 2.05) is 18.2 Å². The van der Waals surface area contributed by atoms with Crippen molar-refractivity contribution in [3.8, 4) is 11.5 Å². The number of hydrogen-bond donors (Lipinski definition) is 1. The normalized spacial score (nSPS) is 12.2. The van der Waals surface area contributed by atoms with Crippen molar-refractivity contribution in [1.29, 1.82) is 0 Å². The van der Waals surface area contributed by atoms with Crippen molar-refractivity contribution < 1.29 is 27.5 Å². The van der Waals surface area contributed by atoms with Crippen LogP contribution in [0.25, 0.3) is 0 Å². The molecule has 0 fully saturated rings. The van der Waals surface area contributed by atoms with Gasteiger partial charge in [0.05, 0.1) is 27.0 Å². The first-order chi connectivity index (χ1) is 15.6. The highest BCUT2D eigenvalue weighted by Gasteiger charge is 2.28. The molecule has 2 aromatic carbocycles. The molecular formula is C23H31N3O6S. The summed E-state index contributed by atoms with van der Waals surface area (Å²) in [6.07, 6.45) is 1.03. The summed E-state index contributed by atoms with van der Waals surface area (Å²) in [6.45, 7) is 1.59. The minimum Gasteiger partial charge on any atom is -0.497 e. The van der Waals surface area contributed by atoms with E-state index >= 15 is 0 Å². The number of amides is 2. The molecule has 2 aromatic rings. The molecule has 0 saturated carbocycles. The first-order valence-electron chi connectivity index (χ1n) is 10.3. The molecule has 0 bridgehead atoms. The second-order valence-corrected chi connectivity index (χ2v) is 9.68. The number of likely N-dealkylation sites (N-methyl/N-ethyl adjacent to an activating group) is 1. The van der Waals surface area contributed by atoms with Crippen molar-refractivity contribution in [3.05, 3.63) is 59.7 Å². The summed E-state index contributed by atoms with van der Waals surface area (Å²) in [4.78, 5) is 27.3. The van der Waals surface area contributed by atoms with Crippen LogP contribution in [-0.2, 0) is 32.7 Å². The second kappa shape index (κ2) is 11.7. The predicted octanol–water partition coefficient (Wildman–Crippen LogP) is 1.63. The fourth-order valence-corrected chi connectivity index (χ4v) is 3.43. The zero-order chi connectivity index (χ0) is 24.6. The number of carbonyl (C=O) groups excluding carboxylic acids is 2. The number of nitrogens with zero attached hydrogens (tertiary/aromatic N) is 2. The molecule has 0 aliphatic carbocycles. The SMILES string of the molecule is COc1ccc(CN(C(=O)CN(C)S(C)(=O)=O)[C@H](C)C(=O)NCc2ccccc2OC)cc1. The summed E-state index contributed by atoms with van der Waals surface area (Å²) < 4.78 is 35.0. The van der Waals surface area contributed by atoms with Crippen molar-refractivity contribution in [3.63, 3.8) is 0 Å². The molecule has 0 heterocycles. The first kappa shape index (κ1) is 26.1. The van der Waals surface area contributed by atoms with Crippen LogP contribution in [-0.4, -0.2) is 69.5 Å². The third-order valence-corrected chi connectivity index (χ3v) is 6.51. The minimum absolute atomic E-state index is 0.129. The van der Waals surface area contributed by atoms with Crippen molar-refractivity contribution >= 4 is 21.8 Å². The summed E-state index contributed by atoms with van der Waals surface area (Å²) in [7, 11) is 0.874. The molecule has 0 spiro atoms. The van der Waals surface area contributed by atoms with Crippen LogP contribution in [0, 0.1) is 0 Å². The van der Waals surface area contributed by atoms with Crippen molar-refractivity contribution in [1.82, 2.24) is 14.5 Å². The molecule has 2 rings (SSSR count). The van der Waals surface area contributed by atoms with E-state index in [1.54, 1.807) is 51.5 Å².